The van der Waals surface area contributed by atoms with Gasteiger partial charge < -0.3 is 16.0 Å². The van der Waals surface area contributed by atoms with Gasteiger partial charge in [0.1, 0.15) is 15.9 Å². The predicted octanol–water partition coefficient (Wildman–Crippen LogP) is 2.38. The fourth-order valence-corrected chi connectivity index (χ4v) is 3.82. The maximum absolute atomic E-state index is 12.9. The molecular weight excluding hydrogens is 468 g/mol. The number of nitrogens with zero attached hydrogens (tertiary/aromatic N) is 1. The average molecular weight is 493 g/mol. The zero-order valence-electron chi connectivity index (χ0n) is 18.9. The zero-order valence-corrected chi connectivity index (χ0v) is 19.7. The minimum Gasteiger partial charge on any atom is -0.326 e. The molecule has 2 aromatic carbocycles. The molecule has 0 radical (unpaired) electrons. The van der Waals surface area contributed by atoms with Crippen molar-refractivity contribution >= 4 is 33.2 Å². The van der Waals surface area contributed by atoms with Gasteiger partial charge in [0.25, 0.3) is 5.56 Å². The first-order chi connectivity index (χ1) is 16.6. The van der Waals surface area contributed by atoms with Crippen LogP contribution in [0.1, 0.15) is 12.0 Å². The lowest BCUT2D eigenvalue weighted by Gasteiger charge is -2.19. The SMILES string of the molecule is C#Cc1ccc(NC(=O)NC(CCS(C)(=O)=O)C(=O)Nc2ccc(-n3ccccc3=O)cc2)cc1. The van der Waals surface area contributed by atoms with E-state index in [9.17, 15) is 22.8 Å². The number of carbonyl (C=O) groups excluding carboxylic acids is 2. The van der Waals surface area contributed by atoms with Crippen molar-refractivity contribution in [2.24, 2.45) is 0 Å². The molecule has 9 nitrogen and oxygen atoms in total. The van der Waals surface area contributed by atoms with E-state index in [0.29, 0.717) is 22.6 Å². The lowest BCUT2D eigenvalue weighted by atomic mass is 10.2. The summed E-state index contributed by atoms with van der Waals surface area (Å²) in [7, 11) is -3.37. The fourth-order valence-electron chi connectivity index (χ4n) is 3.15. The van der Waals surface area contributed by atoms with Crippen LogP contribution in [-0.2, 0) is 14.6 Å². The van der Waals surface area contributed by atoms with Crippen molar-refractivity contribution in [1.29, 1.82) is 0 Å². The van der Waals surface area contributed by atoms with Gasteiger partial charge in [0, 0.05) is 41.1 Å². The monoisotopic (exact) mass is 492 g/mol. The predicted molar refractivity (Wildman–Crippen MR) is 135 cm³/mol. The Morgan fingerprint density at radius 1 is 0.971 bits per heavy atom. The first kappa shape index (κ1) is 25.3. The van der Waals surface area contributed by atoms with E-state index in [1.165, 1.54) is 10.6 Å². The van der Waals surface area contributed by atoms with E-state index >= 15 is 0 Å². The van der Waals surface area contributed by atoms with Crippen LogP contribution < -0.4 is 21.5 Å². The minimum atomic E-state index is -3.37. The number of hydrogen-bond donors (Lipinski definition) is 3. The van der Waals surface area contributed by atoms with Gasteiger partial charge in [-0.05, 0) is 61.0 Å². The number of hydrogen-bond acceptors (Lipinski definition) is 5. The van der Waals surface area contributed by atoms with Crippen LogP contribution in [0.25, 0.3) is 5.69 Å². The molecule has 10 heteroatoms. The normalized spacial score (nSPS) is 11.7. The molecule has 0 saturated carbocycles. The molecule has 1 aromatic heterocycles. The Morgan fingerprint density at radius 3 is 2.20 bits per heavy atom. The van der Waals surface area contributed by atoms with Crippen molar-refractivity contribution in [3.8, 4) is 18.0 Å². The maximum atomic E-state index is 12.9. The number of nitrogens with one attached hydrogen (secondary N) is 3. The van der Waals surface area contributed by atoms with Crippen LogP contribution in [0.5, 0.6) is 0 Å². The lowest BCUT2D eigenvalue weighted by Crippen LogP contribution is -2.46. The van der Waals surface area contributed by atoms with Crippen LogP contribution in [0, 0.1) is 12.3 Å². The summed E-state index contributed by atoms with van der Waals surface area (Å²) in [5.74, 6) is 1.59. The van der Waals surface area contributed by atoms with Crippen molar-refractivity contribution in [2.45, 2.75) is 12.5 Å². The molecular formula is C25H24N4O5S. The number of amides is 3. The molecule has 3 aromatic rings. The summed E-state index contributed by atoms with van der Waals surface area (Å²) in [6.07, 6.45) is 7.88. The molecule has 1 atom stereocenters. The fraction of sp³-hybridized carbons (Fsp3) is 0.160. The number of carbonyl (C=O) groups is 2. The third kappa shape index (κ3) is 7.58. The van der Waals surface area contributed by atoms with Crippen LogP contribution in [0.15, 0.2) is 77.7 Å². The summed E-state index contributed by atoms with van der Waals surface area (Å²) in [5, 5.41) is 7.78. The Hall–Kier alpha value is -4.36. The molecule has 0 fully saturated rings. The summed E-state index contributed by atoms with van der Waals surface area (Å²) in [4.78, 5) is 37.3. The second-order valence-corrected chi connectivity index (χ2v) is 10.00. The third-order valence-electron chi connectivity index (χ3n) is 4.94. The smallest absolute Gasteiger partial charge is 0.319 e. The average Bonchev–Trinajstić information content (AvgIpc) is 2.82. The van der Waals surface area contributed by atoms with Gasteiger partial charge in [0.2, 0.25) is 5.91 Å². The number of anilines is 2. The first-order valence-corrected chi connectivity index (χ1v) is 12.6. The molecule has 180 valence electrons. The number of urea groups is 1. The Morgan fingerprint density at radius 2 is 1.60 bits per heavy atom. The Balaban J connectivity index is 1.70. The summed E-state index contributed by atoms with van der Waals surface area (Å²) in [5.41, 5.74) is 1.92. The number of pyridine rings is 1. The van der Waals surface area contributed by atoms with E-state index in [0.717, 1.165) is 6.26 Å². The van der Waals surface area contributed by atoms with E-state index in [1.807, 2.05) is 0 Å². The standard InChI is InChI=1S/C25H24N4O5S/c1-3-18-7-9-20(10-8-18)27-25(32)28-22(15-17-35(2,33)34)24(31)26-19-11-13-21(14-12-19)29-16-5-4-6-23(29)30/h1,4-14,16,22H,15,17H2,2H3,(H,26,31)(H2,27,28,32). The highest BCUT2D eigenvalue weighted by Crippen LogP contribution is 2.13. The zero-order chi connectivity index (χ0) is 25.4. The molecule has 0 spiro atoms. The molecule has 1 heterocycles. The lowest BCUT2D eigenvalue weighted by molar-refractivity contribution is -0.117. The van der Waals surface area contributed by atoms with Crippen molar-refractivity contribution in [1.82, 2.24) is 9.88 Å². The van der Waals surface area contributed by atoms with Crippen molar-refractivity contribution in [3.05, 3.63) is 88.8 Å². The topological polar surface area (TPSA) is 126 Å². The third-order valence-corrected chi connectivity index (χ3v) is 5.92. The highest BCUT2D eigenvalue weighted by molar-refractivity contribution is 7.90. The van der Waals surface area contributed by atoms with E-state index in [-0.39, 0.29) is 17.7 Å². The molecule has 0 aliphatic rings. The van der Waals surface area contributed by atoms with Gasteiger partial charge >= 0.3 is 6.03 Å². The molecule has 0 aliphatic heterocycles. The number of aromatic nitrogens is 1. The first-order valence-electron chi connectivity index (χ1n) is 10.6. The van der Waals surface area contributed by atoms with E-state index < -0.39 is 27.8 Å². The summed E-state index contributed by atoms with van der Waals surface area (Å²) in [6.45, 7) is 0. The summed E-state index contributed by atoms with van der Waals surface area (Å²) < 4.78 is 24.7. The maximum Gasteiger partial charge on any atom is 0.319 e. The molecule has 0 saturated heterocycles. The van der Waals surface area contributed by atoms with Crippen molar-refractivity contribution < 1.29 is 18.0 Å². The van der Waals surface area contributed by atoms with Crippen LogP contribution in [-0.4, -0.2) is 43.0 Å². The number of terminal acetylenes is 1. The number of sulfone groups is 1. The van der Waals surface area contributed by atoms with Gasteiger partial charge in [-0.2, -0.15) is 0 Å². The molecule has 35 heavy (non-hydrogen) atoms. The molecule has 1 unspecified atom stereocenters. The second-order valence-electron chi connectivity index (χ2n) is 7.74. The van der Waals surface area contributed by atoms with Crippen LogP contribution in [0.2, 0.25) is 0 Å². The van der Waals surface area contributed by atoms with Gasteiger partial charge in [0.15, 0.2) is 0 Å². The Bertz CT molecular complexity index is 1410. The second kappa shape index (κ2) is 11.2. The van der Waals surface area contributed by atoms with Gasteiger partial charge in [-0.15, -0.1) is 6.42 Å². The largest absolute Gasteiger partial charge is 0.326 e. The van der Waals surface area contributed by atoms with E-state index in [1.54, 1.807) is 66.9 Å². The minimum absolute atomic E-state index is 0.119. The van der Waals surface area contributed by atoms with E-state index in [4.69, 9.17) is 6.42 Å². The van der Waals surface area contributed by atoms with Gasteiger partial charge in [0.05, 0.1) is 5.75 Å². The highest BCUT2D eigenvalue weighted by Gasteiger charge is 2.23. The van der Waals surface area contributed by atoms with E-state index in [2.05, 4.69) is 21.9 Å². The molecule has 3 rings (SSSR count). The number of rotatable bonds is 8. The summed E-state index contributed by atoms with van der Waals surface area (Å²) in [6, 6.07) is 16.0. The molecule has 3 N–H and O–H groups in total. The van der Waals surface area contributed by atoms with Crippen LogP contribution in [0.3, 0.4) is 0 Å². The van der Waals surface area contributed by atoms with Gasteiger partial charge in [-0.3, -0.25) is 14.2 Å². The Labute approximate surface area is 203 Å². The van der Waals surface area contributed by atoms with Crippen LogP contribution in [0.4, 0.5) is 16.2 Å². The van der Waals surface area contributed by atoms with Gasteiger partial charge in [-0.25, -0.2) is 13.2 Å². The van der Waals surface area contributed by atoms with Crippen molar-refractivity contribution in [3.63, 3.8) is 0 Å². The quantitative estimate of drug-likeness (QED) is 0.416. The number of benzene rings is 2. The van der Waals surface area contributed by atoms with Crippen LogP contribution >= 0.6 is 0 Å². The Kier molecular flexibility index (Phi) is 8.07. The van der Waals surface area contributed by atoms with Crippen molar-refractivity contribution in [2.75, 3.05) is 22.6 Å². The molecule has 3 amide bonds. The molecule has 0 bridgehead atoms. The van der Waals surface area contributed by atoms with Gasteiger partial charge in [-0.1, -0.05) is 12.0 Å². The highest BCUT2D eigenvalue weighted by atomic mass is 32.2. The summed E-state index contributed by atoms with van der Waals surface area (Å²) >= 11 is 0. The molecule has 0 aliphatic carbocycles.